The van der Waals surface area contributed by atoms with Crippen molar-refractivity contribution in [2.75, 3.05) is 13.2 Å². The van der Waals surface area contributed by atoms with E-state index >= 15 is 0 Å². The van der Waals surface area contributed by atoms with Gasteiger partial charge in [0.1, 0.15) is 0 Å². The van der Waals surface area contributed by atoms with Crippen LogP contribution in [0.25, 0.3) is 0 Å². The molecule has 19 heavy (non-hydrogen) atoms. The molecule has 0 saturated carbocycles. The molecule has 0 saturated heterocycles. The Balaban J connectivity index is 2.66. The lowest BCUT2D eigenvalue weighted by molar-refractivity contribution is 0.0611. The zero-order chi connectivity index (χ0) is 14.3. The third kappa shape index (κ3) is 5.66. The van der Waals surface area contributed by atoms with Crippen molar-refractivity contribution in [3.8, 4) is 0 Å². The molecule has 4 heteroatoms. The lowest BCUT2D eigenvalue weighted by Gasteiger charge is -2.20. The topological polar surface area (TPSA) is 21.3 Å². The third-order valence-corrected chi connectivity index (χ3v) is 2.81. The molecule has 108 valence electrons. The first-order chi connectivity index (χ1) is 9.04. The molecule has 1 aromatic rings. The van der Waals surface area contributed by atoms with Gasteiger partial charge in [0, 0.05) is 6.04 Å². The SMILES string of the molecule is CCCNC(COC(C)C)Cc1cccc(F)c1F. The fourth-order valence-electron chi connectivity index (χ4n) is 1.82. The Morgan fingerprint density at radius 1 is 1.26 bits per heavy atom. The van der Waals surface area contributed by atoms with Crippen molar-refractivity contribution in [1.29, 1.82) is 0 Å². The van der Waals surface area contributed by atoms with Crippen molar-refractivity contribution in [3.63, 3.8) is 0 Å². The Bertz CT molecular complexity index is 382. The second-order valence-corrected chi connectivity index (χ2v) is 4.95. The average molecular weight is 271 g/mol. The predicted octanol–water partition coefficient (Wildman–Crippen LogP) is 3.30. The van der Waals surface area contributed by atoms with Crippen LogP contribution < -0.4 is 5.32 Å². The summed E-state index contributed by atoms with van der Waals surface area (Å²) in [7, 11) is 0. The number of benzene rings is 1. The minimum Gasteiger partial charge on any atom is -0.377 e. The molecule has 0 aliphatic heterocycles. The lowest BCUT2D eigenvalue weighted by Crippen LogP contribution is -2.37. The Hall–Kier alpha value is -1.00. The van der Waals surface area contributed by atoms with Gasteiger partial charge in [-0.2, -0.15) is 0 Å². The highest BCUT2D eigenvalue weighted by Gasteiger charge is 2.14. The molecule has 0 aliphatic rings. The van der Waals surface area contributed by atoms with Crippen molar-refractivity contribution in [2.24, 2.45) is 0 Å². The van der Waals surface area contributed by atoms with E-state index in [1.165, 1.54) is 6.07 Å². The smallest absolute Gasteiger partial charge is 0.162 e. The first kappa shape index (κ1) is 16.1. The predicted molar refractivity (Wildman–Crippen MR) is 73.2 cm³/mol. The molecular formula is C15H23F2NO. The number of nitrogens with one attached hydrogen (secondary N) is 1. The van der Waals surface area contributed by atoms with Gasteiger partial charge in [0.05, 0.1) is 12.7 Å². The van der Waals surface area contributed by atoms with Crippen LogP contribution in [0.3, 0.4) is 0 Å². The van der Waals surface area contributed by atoms with Gasteiger partial charge in [-0.25, -0.2) is 8.78 Å². The molecule has 1 N–H and O–H groups in total. The fourth-order valence-corrected chi connectivity index (χ4v) is 1.82. The third-order valence-electron chi connectivity index (χ3n) is 2.81. The van der Waals surface area contributed by atoms with Crippen LogP contribution in [0.5, 0.6) is 0 Å². The van der Waals surface area contributed by atoms with Crippen LogP contribution in [0.15, 0.2) is 18.2 Å². The van der Waals surface area contributed by atoms with Crippen molar-refractivity contribution < 1.29 is 13.5 Å². The number of hydrogen-bond acceptors (Lipinski definition) is 2. The van der Waals surface area contributed by atoms with Crippen molar-refractivity contribution in [1.82, 2.24) is 5.32 Å². The summed E-state index contributed by atoms with van der Waals surface area (Å²) in [5, 5.41) is 3.31. The van der Waals surface area contributed by atoms with E-state index in [-0.39, 0.29) is 12.1 Å². The maximum absolute atomic E-state index is 13.6. The number of ether oxygens (including phenoxy) is 1. The fraction of sp³-hybridized carbons (Fsp3) is 0.600. The van der Waals surface area contributed by atoms with E-state index in [1.807, 2.05) is 13.8 Å². The van der Waals surface area contributed by atoms with Gasteiger partial charge in [-0.05, 0) is 44.9 Å². The molecule has 0 amide bonds. The highest BCUT2D eigenvalue weighted by molar-refractivity contribution is 5.20. The maximum atomic E-state index is 13.6. The molecule has 1 atom stereocenters. The molecule has 1 rings (SSSR count). The molecule has 1 aromatic carbocycles. The van der Waals surface area contributed by atoms with Crippen LogP contribution in [0.1, 0.15) is 32.8 Å². The van der Waals surface area contributed by atoms with Gasteiger partial charge < -0.3 is 10.1 Å². The summed E-state index contributed by atoms with van der Waals surface area (Å²) in [5.74, 6) is -1.55. The number of hydrogen-bond donors (Lipinski definition) is 1. The van der Waals surface area contributed by atoms with E-state index in [0.29, 0.717) is 18.6 Å². The van der Waals surface area contributed by atoms with Crippen LogP contribution in [0, 0.1) is 11.6 Å². The van der Waals surface area contributed by atoms with Gasteiger partial charge in [-0.1, -0.05) is 19.1 Å². The van der Waals surface area contributed by atoms with Gasteiger partial charge in [-0.15, -0.1) is 0 Å². The van der Waals surface area contributed by atoms with Gasteiger partial charge in [0.25, 0.3) is 0 Å². The number of rotatable bonds is 8. The summed E-state index contributed by atoms with van der Waals surface area (Å²) in [4.78, 5) is 0. The zero-order valence-corrected chi connectivity index (χ0v) is 11.9. The molecule has 0 heterocycles. The van der Waals surface area contributed by atoms with Gasteiger partial charge >= 0.3 is 0 Å². The highest BCUT2D eigenvalue weighted by atomic mass is 19.2. The van der Waals surface area contributed by atoms with E-state index in [9.17, 15) is 8.78 Å². The van der Waals surface area contributed by atoms with Crippen LogP contribution in [-0.4, -0.2) is 25.3 Å². The van der Waals surface area contributed by atoms with E-state index in [0.717, 1.165) is 19.0 Å². The van der Waals surface area contributed by atoms with Gasteiger partial charge in [0.15, 0.2) is 11.6 Å². The Kier molecular flexibility index (Phi) is 6.95. The minimum atomic E-state index is -0.795. The summed E-state index contributed by atoms with van der Waals surface area (Å²) >= 11 is 0. The lowest BCUT2D eigenvalue weighted by atomic mass is 10.1. The quantitative estimate of drug-likeness (QED) is 0.783. The summed E-state index contributed by atoms with van der Waals surface area (Å²) in [6, 6.07) is 4.29. The van der Waals surface area contributed by atoms with Crippen LogP contribution in [0.4, 0.5) is 8.78 Å². The molecule has 0 bridgehead atoms. The Labute approximate surface area is 114 Å². The van der Waals surface area contributed by atoms with E-state index in [1.54, 1.807) is 6.07 Å². The first-order valence-electron chi connectivity index (χ1n) is 6.82. The standard InChI is InChI=1S/C15H23F2NO/c1-4-8-18-13(10-19-11(2)3)9-12-6-5-7-14(16)15(12)17/h5-7,11,13,18H,4,8-10H2,1-3H3. The van der Waals surface area contributed by atoms with E-state index in [4.69, 9.17) is 4.74 Å². The highest BCUT2D eigenvalue weighted by Crippen LogP contribution is 2.13. The average Bonchev–Trinajstić information content (AvgIpc) is 2.37. The summed E-state index contributed by atoms with van der Waals surface area (Å²) in [6.07, 6.45) is 1.54. The van der Waals surface area contributed by atoms with Crippen molar-refractivity contribution in [3.05, 3.63) is 35.4 Å². The minimum absolute atomic E-state index is 0.00125. The van der Waals surface area contributed by atoms with Crippen LogP contribution >= 0.6 is 0 Å². The van der Waals surface area contributed by atoms with Crippen LogP contribution in [-0.2, 0) is 11.2 Å². The van der Waals surface area contributed by atoms with E-state index in [2.05, 4.69) is 12.2 Å². The summed E-state index contributed by atoms with van der Waals surface area (Å²) in [6.45, 7) is 7.31. The largest absolute Gasteiger partial charge is 0.377 e. The Morgan fingerprint density at radius 3 is 2.63 bits per heavy atom. The molecule has 0 aliphatic carbocycles. The zero-order valence-electron chi connectivity index (χ0n) is 11.9. The molecule has 2 nitrogen and oxygen atoms in total. The molecule has 0 radical (unpaired) electrons. The normalized spacial score (nSPS) is 12.9. The van der Waals surface area contributed by atoms with E-state index < -0.39 is 11.6 Å². The van der Waals surface area contributed by atoms with Crippen molar-refractivity contribution >= 4 is 0 Å². The molecular weight excluding hydrogens is 248 g/mol. The molecule has 0 spiro atoms. The van der Waals surface area contributed by atoms with Crippen LogP contribution in [0.2, 0.25) is 0 Å². The van der Waals surface area contributed by atoms with Crippen molar-refractivity contribution in [2.45, 2.75) is 45.8 Å². The van der Waals surface area contributed by atoms with Gasteiger partial charge in [0.2, 0.25) is 0 Å². The summed E-state index contributed by atoms with van der Waals surface area (Å²) in [5.41, 5.74) is 0.390. The molecule has 0 aromatic heterocycles. The number of halogens is 2. The maximum Gasteiger partial charge on any atom is 0.162 e. The molecule has 0 fully saturated rings. The van der Waals surface area contributed by atoms with Gasteiger partial charge in [-0.3, -0.25) is 0 Å². The first-order valence-corrected chi connectivity index (χ1v) is 6.82. The molecule has 1 unspecified atom stereocenters. The Morgan fingerprint density at radius 2 is 2.00 bits per heavy atom. The monoisotopic (exact) mass is 271 g/mol. The second-order valence-electron chi connectivity index (χ2n) is 4.95. The summed E-state index contributed by atoms with van der Waals surface area (Å²) < 4.78 is 32.4. The second kappa shape index (κ2) is 8.23.